The van der Waals surface area contributed by atoms with E-state index in [-0.39, 0.29) is 22.5 Å². The molecule has 1 aromatic carbocycles. The first kappa shape index (κ1) is 26.0. The van der Waals surface area contributed by atoms with Crippen LogP contribution in [0.25, 0.3) is 0 Å². The number of hydrogen-bond acceptors (Lipinski definition) is 9. The van der Waals surface area contributed by atoms with Gasteiger partial charge in [0.05, 0.1) is 17.8 Å². The number of rotatable bonds is 9. The number of aromatic nitrogens is 3. The number of hydrogen-bond donors (Lipinski definition) is 2. The normalized spacial score (nSPS) is 15.9. The van der Waals surface area contributed by atoms with Crippen molar-refractivity contribution in [1.29, 1.82) is 0 Å². The summed E-state index contributed by atoms with van der Waals surface area (Å²) in [6.07, 6.45) is 4.18. The van der Waals surface area contributed by atoms with Crippen LogP contribution < -0.4 is 11.1 Å². The topological polar surface area (TPSA) is 150 Å². The second-order valence-electron chi connectivity index (χ2n) is 7.83. The summed E-state index contributed by atoms with van der Waals surface area (Å²) in [6.45, 7) is 2.86. The first-order valence-corrected chi connectivity index (χ1v) is 13.5. The summed E-state index contributed by atoms with van der Waals surface area (Å²) < 4.78 is 33.6. The molecule has 0 bridgehead atoms. The van der Waals surface area contributed by atoms with Gasteiger partial charge in [0.2, 0.25) is 21.9 Å². The van der Waals surface area contributed by atoms with Gasteiger partial charge in [0.25, 0.3) is 0 Å². The van der Waals surface area contributed by atoms with Gasteiger partial charge in [-0.2, -0.15) is 4.31 Å². The van der Waals surface area contributed by atoms with Gasteiger partial charge in [0.15, 0.2) is 5.16 Å². The largest absolute Gasteiger partial charge is 0.468 e. The summed E-state index contributed by atoms with van der Waals surface area (Å²) in [6, 6.07) is 5.41. The summed E-state index contributed by atoms with van der Waals surface area (Å²) in [4.78, 5) is 24.7. The van der Waals surface area contributed by atoms with Gasteiger partial charge in [-0.05, 0) is 43.5 Å². The molecule has 1 amide bonds. The zero-order valence-electron chi connectivity index (χ0n) is 19.3. The Morgan fingerprint density at radius 1 is 1.15 bits per heavy atom. The molecule has 186 valence electrons. The monoisotopic (exact) mass is 510 g/mol. The Morgan fingerprint density at radius 3 is 2.38 bits per heavy atom. The Morgan fingerprint density at radius 2 is 1.79 bits per heavy atom. The van der Waals surface area contributed by atoms with Crippen molar-refractivity contribution in [2.45, 2.75) is 55.1 Å². The molecular formula is C21H30N6O5S2. The quantitative estimate of drug-likeness (QED) is 0.382. The fraction of sp³-hybridized carbons (Fsp3) is 0.524. The third-order valence-electron chi connectivity index (χ3n) is 5.56. The van der Waals surface area contributed by atoms with Crippen LogP contribution in [0.4, 0.5) is 11.6 Å². The Hall–Kier alpha value is -2.64. The third-order valence-corrected chi connectivity index (χ3v) is 8.39. The first-order valence-electron chi connectivity index (χ1n) is 11.1. The highest BCUT2D eigenvalue weighted by Gasteiger charge is 2.27. The van der Waals surface area contributed by atoms with Crippen LogP contribution in [-0.2, 0) is 24.3 Å². The molecule has 3 N–H and O–H groups in total. The number of nitrogens with one attached hydrogen (secondary N) is 1. The lowest BCUT2D eigenvalue weighted by molar-refractivity contribution is -0.137. The number of anilines is 2. The second-order valence-corrected chi connectivity index (χ2v) is 10.7. The van der Waals surface area contributed by atoms with Gasteiger partial charge in [-0.25, -0.2) is 8.42 Å². The number of nitrogens with zero attached hydrogens (tertiary/aromatic N) is 4. The maximum Gasteiger partial charge on any atom is 0.316 e. The molecule has 0 saturated carbocycles. The maximum atomic E-state index is 13.0. The van der Waals surface area contributed by atoms with Crippen LogP contribution in [0.2, 0.25) is 0 Å². The number of thioether (sulfide) groups is 1. The molecule has 1 atom stereocenters. The van der Waals surface area contributed by atoms with E-state index in [0.29, 0.717) is 30.4 Å². The highest BCUT2D eigenvalue weighted by molar-refractivity contribution is 7.99. The van der Waals surface area contributed by atoms with Crippen LogP contribution in [0.5, 0.6) is 0 Å². The van der Waals surface area contributed by atoms with Crippen LogP contribution in [0.3, 0.4) is 0 Å². The lowest BCUT2D eigenvalue weighted by Crippen LogP contribution is -2.32. The van der Waals surface area contributed by atoms with Crippen LogP contribution in [0.15, 0.2) is 34.3 Å². The van der Waals surface area contributed by atoms with Crippen LogP contribution in [0, 0.1) is 0 Å². The number of sulfonamides is 1. The smallest absolute Gasteiger partial charge is 0.316 e. The van der Waals surface area contributed by atoms with Gasteiger partial charge < -0.3 is 15.8 Å². The van der Waals surface area contributed by atoms with Crippen molar-refractivity contribution in [3.05, 3.63) is 24.3 Å². The second kappa shape index (κ2) is 11.7. The number of carbonyl (C=O) groups excluding carboxylic acids is 2. The molecule has 1 aliphatic heterocycles. The van der Waals surface area contributed by atoms with Crippen LogP contribution in [0.1, 0.15) is 45.1 Å². The van der Waals surface area contributed by atoms with Gasteiger partial charge in [-0.3, -0.25) is 14.2 Å². The van der Waals surface area contributed by atoms with Crippen molar-refractivity contribution in [2.75, 3.05) is 37.0 Å². The van der Waals surface area contributed by atoms with Crippen LogP contribution >= 0.6 is 11.8 Å². The molecule has 34 heavy (non-hydrogen) atoms. The van der Waals surface area contributed by atoms with Crippen LogP contribution in [-0.4, -0.2) is 65.3 Å². The van der Waals surface area contributed by atoms with E-state index >= 15 is 0 Å². The summed E-state index contributed by atoms with van der Waals surface area (Å²) in [5, 5.41) is 10.9. The van der Waals surface area contributed by atoms with Gasteiger partial charge >= 0.3 is 5.97 Å². The fourth-order valence-electron chi connectivity index (χ4n) is 3.71. The number of nitrogen functional groups attached to an aromatic ring is 1. The van der Waals surface area contributed by atoms with E-state index in [0.717, 1.165) is 37.4 Å². The molecule has 1 aromatic heterocycles. The number of benzene rings is 1. The molecule has 2 aromatic rings. The van der Waals surface area contributed by atoms with E-state index in [2.05, 4.69) is 20.3 Å². The molecule has 0 spiro atoms. The lowest BCUT2D eigenvalue weighted by atomic mass is 10.2. The average Bonchev–Trinajstić information content (AvgIpc) is 3.02. The summed E-state index contributed by atoms with van der Waals surface area (Å²) in [7, 11) is -2.28. The molecule has 13 heteroatoms. The van der Waals surface area contributed by atoms with E-state index in [1.165, 1.54) is 28.1 Å². The molecule has 3 rings (SSSR count). The number of methoxy groups -OCH3 is 1. The number of carbonyl (C=O) groups is 2. The Balaban J connectivity index is 1.72. The van der Waals surface area contributed by atoms with Gasteiger partial charge in [0, 0.05) is 18.8 Å². The summed E-state index contributed by atoms with van der Waals surface area (Å²) in [5.41, 5.74) is 6.40. The molecule has 1 unspecified atom stereocenters. The Kier molecular flexibility index (Phi) is 8.91. The molecular weight excluding hydrogens is 480 g/mol. The molecule has 2 heterocycles. The average molecular weight is 511 g/mol. The minimum atomic E-state index is -3.57. The van der Waals surface area contributed by atoms with Crippen molar-refractivity contribution >= 4 is 45.3 Å². The zero-order valence-corrected chi connectivity index (χ0v) is 20.9. The van der Waals surface area contributed by atoms with E-state index in [1.54, 1.807) is 12.1 Å². The van der Waals surface area contributed by atoms with E-state index in [1.807, 2.05) is 6.92 Å². The van der Waals surface area contributed by atoms with Crippen molar-refractivity contribution in [3.8, 4) is 0 Å². The number of nitrogens with two attached hydrogens (primary N) is 1. The van der Waals surface area contributed by atoms with Crippen molar-refractivity contribution in [2.24, 2.45) is 0 Å². The van der Waals surface area contributed by atoms with Gasteiger partial charge in [-0.1, -0.05) is 31.5 Å². The maximum absolute atomic E-state index is 13.0. The van der Waals surface area contributed by atoms with E-state index < -0.39 is 22.0 Å². The molecule has 1 aliphatic rings. The summed E-state index contributed by atoms with van der Waals surface area (Å²) >= 11 is 1.07. The standard InChI is InChI=1S/C21H30N6O5S2/c1-3-17(27-20(22)24-25-21(27)33-14-18(28)32-2)19(29)23-15-8-10-16(11-9-15)34(30,31)26-12-6-4-5-7-13-26/h8-11,17H,3-7,12-14H2,1-2H3,(H2,22,24)(H,23,29). The molecule has 0 aliphatic carbocycles. The molecule has 0 radical (unpaired) electrons. The van der Waals surface area contributed by atoms with E-state index in [4.69, 9.17) is 5.73 Å². The van der Waals surface area contributed by atoms with Crippen molar-refractivity contribution in [1.82, 2.24) is 19.1 Å². The van der Waals surface area contributed by atoms with Gasteiger partial charge in [0.1, 0.15) is 6.04 Å². The highest BCUT2D eigenvalue weighted by Crippen LogP contribution is 2.27. The number of esters is 1. The van der Waals surface area contributed by atoms with Crippen molar-refractivity contribution in [3.63, 3.8) is 0 Å². The predicted molar refractivity (Wildman–Crippen MR) is 129 cm³/mol. The first-order chi connectivity index (χ1) is 16.3. The van der Waals surface area contributed by atoms with Crippen molar-refractivity contribution < 1.29 is 22.7 Å². The molecule has 1 fully saturated rings. The minimum absolute atomic E-state index is 0.000357. The lowest BCUT2D eigenvalue weighted by Gasteiger charge is -2.21. The molecule has 1 saturated heterocycles. The predicted octanol–water partition coefficient (Wildman–Crippen LogP) is 2.28. The Bertz CT molecular complexity index is 1100. The molecule has 11 nitrogen and oxygen atoms in total. The number of ether oxygens (including phenoxy) is 1. The number of amides is 1. The fourth-order valence-corrected chi connectivity index (χ4v) is 6.05. The zero-order chi connectivity index (χ0) is 24.7. The third kappa shape index (κ3) is 6.07. The minimum Gasteiger partial charge on any atom is -0.468 e. The highest BCUT2D eigenvalue weighted by atomic mass is 32.2. The van der Waals surface area contributed by atoms with Gasteiger partial charge in [-0.15, -0.1) is 10.2 Å². The Labute approximate surface area is 203 Å². The summed E-state index contributed by atoms with van der Waals surface area (Å²) in [5.74, 6) is -0.754. The SMILES string of the molecule is CCC(C(=O)Nc1ccc(S(=O)(=O)N2CCCCCC2)cc1)n1c(N)nnc1SCC(=O)OC. The van der Waals surface area contributed by atoms with E-state index in [9.17, 15) is 18.0 Å².